The van der Waals surface area contributed by atoms with Crippen LogP contribution in [0.2, 0.25) is 0 Å². The van der Waals surface area contributed by atoms with Gasteiger partial charge < -0.3 is 5.32 Å². The van der Waals surface area contributed by atoms with Gasteiger partial charge in [0, 0.05) is 31.2 Å². The predicted molar refractivity (Wildman–Crippen MR) is 83.5 cm³/mol. The molecule has 112 valence electrons. The number of nitrogens with one attached hydrogen (secondary N) is 1. The van der Waals surface area contributed by atoms with Gasteiger partial charge in [-0.2, -0.15) is 0 Å². The third-order valence-electron chi connectivity index (χ3n) is 5.79. The van der Waals surface area contributed by atoms with Crippen LogP contribution in [0.3, 0.4) is 0 Å². The van der Waals surface area contributed by atoms with Crippen LogP contribution in [0.1, 0.15) is 72.6 Å². The van der Waals surface area contributed by atoms with Crippen LogP contribution in [0.5, 0.6) is 0 Å². The molecule has 0 bridgehead atoms. The average molecular weight is 266 g/mol. The van der Waals surface area contributed by atoms with E-state index < -0.39 is 0 Å². The van der Waals surface area contributed by atoms with E-state index in [2.05, 4.69) is 37.9 Å². The highest BCUT2D eigenvalue weighted by Gasteiger charge is 2.37. The fourth-order valence-corrected chi connectivity index (χ4v) is 3.66. The van der Waals surface area contributed by atoms with Crippen molar-refractivity contribution in [2.45, 2.75) is 90.8 Å². The summed E-state index contributed by atoms with van der Waals surface area (Å²) in [6.07, 6.45) is 9.56. The molecule has 19 heavy (non-hydrogen) atoms. The zero-order valence-electron chi connectivity index (χ0n) is 13.5. The minimum absolute atomic E-state index is 0.495. The number of nitrogens with zero attached hydrogens (tertiary/aromatic N) is 1. The maximum atomic E-state index is 3.79. The highest BCUT2D eigenvalue weighted by Crippen LogP contribution is 2.34. The lowest BCUT2D eigenvalue weighted by Crippen LogP contribution is -2.47. The van der Waals surface area contributed by atoms with Gasteiger partial charge in [0.15, 0.2) is 0 Å². The number of hydrogen-bond acceptors (Lipinski definition) is 2. The zero-order chi connectivity index (χ0) is 13.9. The van der Waals surface area contributed by atoms with Gasteiger partial charge in [-0.25, -0.2) is 0 Å². The summed E-state index contributed by atoms with van der Waals surface area (Å²) in [5.41, 5.74) is 0.495. The highest BCUT2D eigenvalue weighted by molar-refractivity contribution is 4.93. The first-order valence-electron chi connectivity index (χ1n) is 8.63. The summed E-state index contributed by atoms with van der Waals surface area (Å²) in [7, 11) is 0. The molecule has 0 aromatic heterocycles. The van der Waals surface area contributed by atoms with Crippen LogP contribution in [0.4, 0.5) is 0 Å². The van der Waals surface area contributed by atoms with Crippen molar-refractivity contribution >= 4 is 0 Å². The molecule has 0 radical (unpaired) electrons. The van der Waals surface area contributed by atoms with E-state index in [4.69, 9.17) is 0 Å². The number of likely N-dealkylation sites (tertiary alicyclic amines) is 1. The number of rotatable bonds is 8. The molecule has 2 fully saturated rings. The molecular formula is C17H34N2. The van der Waals surface area contributed by atoms with Crippen molar-refractivity contribution < 1.29 is 0 Å². The van der Waals surface area contributed by atoms with Gasteiger partial charge in [0.25, 0.3) is 0 Å². The third-order valence-corrected chi connectivity index (χ3v) is 5.79. The first-order valence-corrected chi connectivity index (χ1v) is 8.63. The lowest BCUT2D eigenvalue weighted by molar-refractivity contribution is 0.0967. The second-order valence-corrected chi connectivity index (χ2v) is 7.02. The maximum Gasteiger partial charge on any atom is 0.00962 e. The van der Waals surface area contributed by atoms with Crippen LogP contribution in [-0.4, -0.2) is 36.1 Å². The Labute approximate surface area is 120 Å². The van der Waals surface area contributed by atoms with Crippen molar-refractivity contribution in [2.75, 3.05) is 13.1 Å². The van der Waals surface area contributed by atoms with Crippen molar-refractivity contribution in [3.05, 3.63) is 0 Å². The smallest absolute Gasteiger partial charge is 0.00962 e. The monoisotopic (exact) mass is 266 g/mol. The van der Waals surface area contributed by atoms with Crippen molar-refractivity contribution in [2.24, 2.45) is 5.41 Å². The van der Waals surface area contributed by atoms with E-state index in [1.54, 1.807) is 0 Å². The molecule has 2 atom stereocenters. The first kappa shape index (κ1) is 15.3. The third kappa shape index (κ3) is 3.72. The van der Waals surface area contributed by atoms with E-state index in [0.717, 1.165) is 18.1 Å². The van der Waals surface area contributed by atoms with Crippen LogP contribution in [0.15, 0.2) is 0 Å². The summed E-state index contributed by atoms with van der Waals surface area (Å²) >= 11 is 0. The Hall–Kier alpha value is -0.0800. The quantitative estimate of drug-likeness (QED) is 0.719. The molecule has 1 saturated heterocycles. The van der Waals surface area contributed by atoms with Crippen molar-refractivity contribution in [1.82, 2.24) is 10.2 Å². The molecule has 1 saturated carbocycles. The van der Waals surface area contributed by atoms with Gasteiger partial charge in [0.1, 0.15) is 0 Å². The van der Waals surface area contributed by atoms with E-state index in [-0.39, 0.29) is 0 Å². The fourth-order valence-electron chi connectivity index (χ4n) is 3.66. The summed E-state index contributed by atoms with van der Waals surface area (Å²) in [6.45, 7) is 12.1. The molecule has 1 heterocycles. The summed E-state index contributed by atoms with van der Waals surface area (Å²) in [4.78, 5) is 2.82. The van der Waals surface area contributed by atoms with Gasteiger partial charge in [-0.3, -0.25) is 4.90 Å². The van der Waals surface area contributed by atoms with Crippen molar-refractivity contribution in [3.8, 4) is 0 Å². The van der Waals surface area contributed by atoms with Crippen LogP contribution < -0.4 is 5.32 Å². The molecule has 1 N–H and O–H groups in total. The molecule has 0 aromatic carbocycles. The molecule has 2 nitrogen and oxygen atoms in total. The van der Waals surface area contributed by atoms with Crippen LogP contribution >= 0.6 is 0 Å². The van der Waals surface area contributed by atoms with E-state index in [1.165, 1.54) is 58.0 Å². The summed E-state index contributed by atoms with van der Waals surface area (Å²) < 4.78 is 0. The van der Waals surface area contributed by atoms with Gasteiger partial charge in [-0.05, 0) is 57.3 Å². The van der Waals surface area contributed by atoms with E-state index >= 15 is 0 Å². The Morgan fingerprint density at radius 1 is 1.05 bits per heavy atom. The SMILES string of the molecule is CCC1CCC(C)N1CC(CC)(CC)CNC1CC1. The Morgan fingerprint density at radius 2 is 1.74 bits per heavy atom. The Morgan fingerprint density at radius 3 is 2.26 bits per heavy atom. The molecule has 1 aliphatic heterocycles. The molecule has 0 aromatic rings. The minimum Gasteiger partial charge on any atom is -0.313 e. The highest BCUT2D eigenvalue weighted by atomic mass is 15.2. The zero-order valence-corrected chi connectivity index (χ0v) is 13.5. The average Bonchev–Trinajstić information content (AvgIpc) is 3.20. The fraction of sp³-hybridized carbons (Fsp3) is 1.00. The summed E-state index contributed by atoms with van der Waals surface area (Å²) in [5.74, 6) is 0. The van der Waals surface area contributed by atoms with Crippen LogP contribution in [-0.2, 0) is 0 Å². The van der Waals surface area contributed by atoms with E-state index in [9.17, 15) is 0 Å². The van der Waals surface area contributed by atoms with Crippen molar-refractivity contribution in [1.29, 1.82) is 0 Å². The number of hydrogen-bond donors (Lipinski definition) is 1. The molecule has 2 unspecified atom stereocenters. The maximum absolute atomic E-state index is 3.79. The standard InChI is InChI=1S/C17H34N2/c1-5-16-11-8-14(4)19(16)13-17(6-2,7-3)12-18-15-9-10-15/h14-16,18H,5-13H2,1-4H3. The summed E-state index contributed by atoms with van der Waals surface area (Å²) in [6, 6.07) is 2.48. The van der Waals surface area contributed by atoms with Gasteiger partial charge >= 0.3 is 0 Å². The van der Waals surface area contributed by atoms with Gasteiger partial charge in [-0.15, -0.1) is 0 Å². The second kappa shape index (κ2) is 6.58. The molecule has 0 amide bonds. The first-order chi connectivity index (χ1) is 9.14. The molecule has 1 aliphatic carbocycles. The van der Waals surface area contributed by atoms with Crippen molar-refractivity contribution in [3.63, 3.8) is 0 Å². The topological polar surface area (TPSA) is 15.3 Å². The lowest BCUT2D eigenvalue weighted by atomic mass is 9.81. The molecule has 2 rings (SSSR count). The Balaban J connectivity index is 1.96. The molecular weight excluding hydrogens is 232 g/mol. The lowest BCUT2D eigenvalue weighted by Gasteiger charge is -2.40. The van der Waals surface area contributed by atoms with Gasteiger partial charge in [0.05, 0.1) is 0 Å². The molecule has 2 aliphatic rings. The van der Waals surface area contributed by atoms with Crippen LogP contribution in [0.25, 0.3) is 0 Å². The Kier molecular flexibility index (Phi) is 5.30. The van der Waals surface area contributed by atoms with E-state index in [1.807, 2.05) is 0 Å². The molecule has 0 spiro atoms. The summed E-state index contributed by atoms with van der Waals surface area (Å²) in [5, 5.41) is 3.79. The van der Waals surface area contributed by atoms with Gasteiger partial charge in [-0.1, -0.05) is 20.8 Å². The van der Waals surface area contributed by atoms with Gasteiger partial charge in [0.2, 0.25) is 0 Å². The molecule has 2 heteroatoms. The largest absolute Gasteiger partial charge is 0.313 e. The van der Waals surface area contributed by atoms with E-state index in [0.29, 0.717) is 5.41 Å². The normalized spacial score (nSPS) is 29.1. The predicted octanol–water partition coefficient (Wildman–Crippen LogP) is 3.81. The minimum atomic E-state index is 0.495. The second-order valence-electron chi connectivity index (χ2n) is 7.02. The van der Waals surface area contributed by atoms with Crippen LogP contribution in [0, 0.1) is 5.41 Å². The Bertz CT molecular complexity index is 268.